The van der Waals surface area contributed by atoms with Crippen LogP contribution in [0.4, 0.5) is 22.0 Å². The fraction of sp³-hybridized carbons (Fsp3) is 0.778. The second-order valence-electron chi connectivity index (χ2n) is 14.5. The maximum absolute atomic E-state index is 13.0. The van der Waals surface area contributed by atoms with E-state index in [1.165, 1.54) is 11.1 Å². The van der Waals surface area contributed by atoms with Crippen LogP contribution in [0.25, 0.3) is 0 Å². The minimum Gasteiger partial charge on any atom is -0.508 e. The van der Waals surface area contributed by atoms with Gasteiger partial charge in [0.25, 0.3) is 0 Å². The van der Waals surface area contributed by atoms with E-state index in [9.17, 15) is 32.2 Å². The van der Waals surface area contributed by atoms with Crippen molar-refractivity contribution in [2.45, 2.75) is 134 Å². The summed E-state index contributed by atoms with van der Waals surface area (Å²) in [6.45, 7) is 8.61. The number of unbranched alkanes of at least 4 members (excludes halogenated alkanes) is 7. The van der Waals surface area contributed by atoms with Crippen LogP contribution in [0, 0.1) is 22.7 Å². The van der Waals surface area contributed by atoms with E-state index in [4.69, 9.17) is 0 Å². The van der Waals surface area contributed by atoms with Crippen molar-refractivity contribution in [2.24, 2.45) is 22.7 Å². The quantitative estimate of drug-likeness (QED) is 0.109. The summed E-state index contributed by atoms with van der Waals surface area (Å²) in [6.07, 6.45) is 8.76. The second-order valence-corrected chi connectivity index (χ2v) is 14.5. The molecule has 0 spiro atoms. The van der Waals surface area contributed by atoms with Crippen LogP contribution in [0.2, 0.25) is 0 Å². The summed E-state index contributed by atoms with van der Waals surface area (Å²) in [5.74, 6) is -2.97. The lowest BCUT2D eigenvalue weighted by Crippen LogP contribution is -2.54. The van der Waals surface area contributed by atoms with Crippen molar-refractivity contribution in [3.05, 3.63) is 42.0 Å². The molecule has 3 nitrogen and oxygen atoms in total. The molecule has 6 atom stereocenters. The molecule has 0 heterocycles. The van der Waals surface area contributed by atoms with Gasteiger partial charge in [0.1, 0.15) is 5.75 Å². The third-order valence-corrected chi connectivity index (χ3v) is 11.7. The van der Waals surface area contributed by atoms with Crippen molar-refractivity contribution in [1.82, 2.24) is 4.90 Å². The summed E-state index contributed by atoms with van der Waals surface area (Å²) in [5.41, 5.74) is 2.55. The van der Waals surface area contributed by atoms with Gasteiger partial charge in [0.15, 0.2) is 0 Å². The van der Waals surface area contributed by atoms with E-state index < -0.39 is 18.5 Å². The number of hydrogen-bond acceptors (Lipinski definition) is 3. The van der Waals surface area contributed by atoms with Crippen molar-refractivity contribution in [3.63, 3.8) is 0 Å². The first-order chi connectivity index (χ1) is 20.7. The Balaban J connectivity index is 1.20. The molecule has 0 radical (unpaired) electrons. The zero-order valence-corrected chi connectivity index (χ0v) is 26.8. The van der Waals surface area contributed by atoms with Gasteiger partial charge >= 0.3 is 12.1 Å². The molecule has 0 saturated heterocycles. The lowest BCUT2D eigenvalue weighted by Gasteiger charge is -2.60. The van der Waals surface area contributed by atoms with E-state index in [0.717, 1.165) is 90.1 Å². The highest BCUT2D eigenvalue weighted by Gasteiger charge is 2.63. The summed E-state index contributed by atoms with van der Waals surface area (Å²) < 4.78 is 62.7. The maximum Gasteiger partial charge on any atom is 0.453 e. The molecular formula is C36H54F5NO2. The SMILES string of the molecule is C=CC12CCc3cc(O)ccc3[C@H]1[C@@H](CCCCCCN(C)CCCCCCCC(F)(F)C(F)(F)F)C[C@]1(C)[C@@H](O)CC[C@@H]21. The number of benzene rings is 1. The largest absolute Gasteiger partial charge is 0.508 e. The van der Waals surface area contributed by atoms with Gasteiger partial charge < -0.3 is 15.1 Å². The van der Waals surface area contributed by atoms with Gasteiger partial charge in [0.05, 0.1) is 6.10 Å². The molecule has 3 aliphatic carbocycles. The fourth-order valence-electron chi connectivity index (χ4n) is 9.35. The van der Waals surface area contributed by atoms with E-state index in [0.29, 0.717) is 36.3 Å². The number of halogens is 5. The van der Waals surface area contributed by atoms with Gasteiger partial charge in [-0.15, -0.1) is 6.58 Å². The second kappa shape index (κ2) is 14.4. The normalized spacial score (nSPS) is 30.2. The van der Waals surface area contributed by atoms with E-state index in [2.05, 4.69) is 37.6 Å². The Morgan fingerprint density at radius 1 is 0.955 bits per heavy atom. The van der Waals surface area contributed by atoms with Crippen LogP contribution < -0.4 is 0 Å². The number of aryl methyl sites for hydroxylation is 1. The number of rotatable bonds is 16. The molecule has 1 aromatic carbocycles. The van der Waals surface area contributed by atoms with Crippen LogP contribution in [0.5, 0.6) is 5.75 Å². The Morgan fingerprint density at radius 3 is 2.25 bits per heavy atom. The number of hydrogen-bond donors (Lipinski definition) is 2. The van der Waals surface area contributed by atoms with Crippen molar-refractivity contribution in [1.29, 1.82) is 0 Å². The highest BCUT2D eigenvalue weighted by Crippen LogP contribution is 2.69. The van der Waals surface area contributed by atoms with Crippen LogP contribution in [0.15, 0.2) is 30.9 Å². The summed E-state index contributed by atoms with van der Waals surface area (Å²) in [5, 5.41) is 21.3. The van der Waals surface area contributed by atoms with Crippen molar-refractivity contribution >= 4 is 0 Å². The van der Waals surface area contributed by atoms with Crippen molar-refractivity contribution in [3.8, 4) is 5.75 Å². The number of aliphatic hydroxyl groups is 1. The number of nitrogens with zero attached hydrogens (tertiary/aromatic N) is 1. The van der Waals surface area contributed by atoms with Gasteiger partial charge in [-0.25, -0.2) is 0 Å². The summed E-state index contributed by atoms with van der Waals surface area (Å²) in [6, 6.07) is 5.94. The van der Waals surface area contributed by atoms with Crippen molar-refractivity contribution < 1.29 is 32.2 Å². The molecule has 2 saturated carbocycles. The van der Waals surface area contributed by atoms with Gasteiger partial charge in [-0.05, 0) is 130 Å². The first kappa shape index (κ1) is 35.2. The minimum absolute atomic E-state index is 0.0179. The van der Waals surface area contributed by atoms with E-state index in [1.807, 2.05) is 12.1 Å². The molecule has 8 heteroatoms. The molecule has 0 amide bonds. The Bertz CT molecular complexity index is 1090. The number of aliphatic hydroxyl groups excluding tert-OH is 1. The van der Waals surface area contributed by atoms with Gasteiger partial charge in [-0.3, -0.25) is 0 Å². The smallest absolute Gasteiger partial charge is 0.453 e. The fourth-order valence-corrected chi connectivity index (χ4v) is 9.35. The topological polar surface area (TPSA) is 43.7 Å². The van der Waals surface area contributed by atoms with Gasteiger partial charge in [-0.1, -0.05) is 57.6 Å². The molecule has 2 fully saturated rings. The van der Waals surface area contributed by atoms with Crippen LogP contribution in [-0.2, 0) is 6.42 Å². The zero-order chi connectivity index (χ0) is 32.2. The van der Waals surface area contributed by atoms with E-state index >= 15 is 0 Å². The predicted molar refractivity (Wildman–Crippen MR) is 166 cm³/mol. The number of fused-ring (bicyclic) bond motifs is 5. The van der Waals surface area contributed by atoms with Gasteiger partial charge in [0, 0.05) is 6.42 Å². The highest BCUT2D eigenvalue weighted by atomic mass is 19.4. The van der Waals surface area contributed by atoms with E-state index in [-0.39, 0.29) is 23.4 Å². The number of phenolic OH excluding ortho intramolecular Hbond substituents is 1. The molecule has 0 aliphatic heterocycles. The predicted octanol–water partition coefficient (Wildman–Crippen LogP) is 9.81. The Hall–Kier alpha value is -1.67. The molecule has 0 bridgehead atoms. The van der Waals surface area contributed by atoms with Crippen LogP contribution in [-0.4, -0.2) is 53.5 Å². The molecule has 0 aromatic heterocycles. The lowest BCUT2D eigenvalue weighted by atomic mass is 9.44. The molecular weight excluding hydrogens is 573 g/mol. The molecule has 4 rings (SSSR count). The Kier molecular flexibility index (Phi) is 11.5. The van der Waals surface area contributed by atoms with Crippen LogP contribution in [0.1, 0.15) is 120 Å². The minimum atomic E-state index is -5.45. The average Bonchev–Trinajstić information content (AvgIpc) is 3.27. The maximum atomic E-state index is 13.0. The standard InChI is InChI=1S/C36H54F5NO2/c1-4-34-21-19-26-24-28(43)15-16-29(26)32(34)27(25-33(2)30(34)17-18-31(33)44)14-10-6-9-13-23-42(3)22-12-8-5-7-11-20-35(37,38)36(39,40)41/h4,15-16,24,27,30-32,43-44H,1,5-14,17-23,25H2,2-3H3/t27-,30+,31-,32+,33-,34?/m0/s1. The van der Waals surface area contributed by atoms with Crippen LogP contribution in [0.3, 0.4) is 0 Å². The number of allylic oxidation sites excluding steroid dienone is 1. The summed E-state index contributed by atoms with van der Waals surface area (Å²) in [7, 11) is 2.09. The average molecular weight is 628 g/mol. The highest BCUT2D eigenvalue weighted by molar-refractivity contribution is 5.43. The number of alkyl halides is 5. The third-order valence-electron chi connectivity index (χ3n) is 11.7. The molecule has 1 unspecified atom stereocenters. The first-order valence-corrected chi connectivity index (χ1v) is 17.0. The van der Waals surface area contributed by atoms with Crippen LogP contribution >= 0.6 is 0 Å². The Labute approximate surface area is 261 Å². The lowest BCUT2D eigenvalue weighted by molar-refractivity contribution is -0.284. The van der Waals surface area contributed by atoms with E-state index in [1.54, 1.807) is 0 Å². The first-order valence-electron chi connectivity index (χ1n) is 17.0. The summed E-state index contributed by atoms with van der Waals surface area (Å²) in [4.78, 5) is 2.29. The van der Waals surface area contributed by atoms with Gasteiger partial charge in [0.2, 0.25) is 0 Å². The van der Waals surface area contributed by atoms with Gasteiger partial charge in [-0.2, -0.15) is 22.0 Å². The Morgan fingerprint density at radius 2 is 1.59 bits per heavy atom. The number of aromatic hydroxyl groups is 1. The number of phenols is 1. The molecule has 3 aliphatic rings. The monoisotopic (exact) mass is 627 g/mol. The molecule has 2 N–H and O–H groups in total. The zero-order valence-electron chi connectivity index (χ0n) is 26.8. The molecule has 44 heavy (non-hydrogen) atoms. The molecule has 250 valence electrons. The third kappa shape index (κ3) is 7.48. The summed E-state index contributed by atoms with van der Waals surface area (Å²) >= 11 is 0. The molecule has 1 aromatic rings. The van der Waals surface area contributed by atoms with Crippen molar-refractivity contribution in [2.75, 3.05) is 20.1 Å².